The molecule has 0 spiro atoms. The fourth-order valence-electron chi connectivity index (χ4n) is 1.70. The number of amides is 2. The highest BCUT2D eigenvalue weighted by Crippen LogP contribution is 2.20. The molecule has 100 valence electrons. The molecule has 1 heterocycles. The molecule has 0 aliphatic rings. The fourth-order valence-corrected chi connectivity index (χ4v) is 1.70. The molecule has 0 fully saturated rings. The lowest BCUT2D eigenvalue weighted by molar-refractivity contribution is -0.125. The summed E-state index contributed by atoms with van der Waals surface area (Å²) < 4.78 is 5.40. The number of nitrogens with one attached hydrogen (secondary N) is 2. The summed E-state index contributed by atoms with van der Waals surface area (Å²) in [5.74, 6) is 0.974. The predicted molar refractivity (Wildman–Crippen MR) is 66.8 cm³/mol. The molecule has 1 aromatic heterocycles. The van der Waals surface area contributed by atoms with Crippen molar-refractivity contribution in [1.82, 2.24) is 10.6 Å². The Balaban J connectivity index is 2.49. The highest BCUT2D eigenvalue weighted by atomic mass is 16.3. The summed E-state index contributed by atoms with van der Waals surface area (Å²) in [6.45, 7) is 5.37. The predicted octanol–water partition coefficient (Wildman–Crippen LogP) is 0.149. The van der Waals surface area contributed by atoms with Gasteiger partial charge in [-0.25, -0.2) is 0 Å². The average Bonchev–Trinajstić information content (AvgIpc) is 2.65. The van der Waals surface area contributed by atoms with Crippen molar-refractivity contribution >= 4 is 11.8 Å². The number of furan rings is 1. The van der Waals surface area contributed by atoms with Gasteiger partial charge in [0.25, 0.3) is 0 Å². The number of hydrogen-bond donors (Lipinski definition) is 3. The minimum atomic E-state index is -0.354. The summed E-state index contributed by atoms with van der Waals surface area (Å²) in [6.07, 6.45) is 0. The lowest BCUT2D eigenvalue weighted by Crippen LogP contribution is -2.40. The fraction of sp³-hybridized carbons (Fsp3) is 0.500. The van der Waals surface area contributed by atoms with Crippen LogP contribution in [-0.4, -0.2) is 24.9 Å². The Morgan fingerprint density at radius 3 is 2.56 bits per heavy atom. The topological polar surface area (TPSA) is 97.4 Å². The molecule has 0 radical (unpaired) electrons. The van der Waals surface area contributed by atoms with Gasteiger partial charge in [0.2, 0.25) is 11.8 Å². The van der Waals surface area contributed by atoms with Crippen molar-refractivity contribution in [2.24, 2.45) is 5.73 Å². The number of carbonyl (C=O) groups is 2. The van der Waals surface area contributed by atoms with E-state index in [1.165, 1.54) is 0 Å². The summed E-state index contributed by atoms with van der Waals surface area (Å²) in [4.78, 5) is 22.5. The largest absolute Gasteiger partial charge is 0.466 e. The number of aryl methyl sites for hydroxylation is 2. The van der Waals surface area contributed by atoms with Crippen LogP contribution in [0.3, 0.4) is 0 Å². The zero-order valence-electron chi connectivity index (χ0n) is 10.9. The van der Waals surface area contributed by atoms with E-state index in [1.54, 1.807) is 0 Å². The van der Waals surface area contributed by atoms with E-state index < -0.39 is 0 Å². The Morgan fingerprint density at radius 2 is 2.06 bits per heavy atom. The van der Waals surface area contributed by atoms with E-state index in [4.69, 9.17) is 10.2 Å². The van der Waals surface area contributed by atoms with E-state index in [0.29, 0.717) is 0 Å². The van der Waals surface area contributed by atoms with Crippen LogP contribution in [-0.2, 0) is 9.59 Å². The molecule has 0 saturated heterocycles. The third-order valence-corrected chi connectivity index (χ3v) is 2.55. The molecule has 0 saturated carbocycles. The smallest absolute Gasteiger partial charge is 0.239 e. The lowest BCUT2D eigenvalue weighted by atomic mass is 10.1. The third-order valence-electron chi connectivity index (χ3n) is 2.55. The summed E-state index contributed by atoms with van der Waals surface area (Å²) in [6, 6.07) is 1.73. The maximum Gasteiger partial charge on any atom is 0.239 e. The average molecular weight is 253 g/mol. The van der Waals surface area contributed by atoms with Gasteiger partial charge in [0.05, 0.1) is 19.1 Å². The van der Waals surface area contributed by atoms with Crippen LogP contribution in [0, 0.1) is 13.8 Å². The molecule has 0 aliphatic heterocycles. The first-order valence-corrected chi connectivity index (χ1v) is 5.77. The van der Waals surface area contributed by atoms with Crippen molar-refractivity contribution in [3.8, 4) is 0 Å². The van der Waals surface area contributed by atoms with Gasteiger partial charge in [0, 0.05) is 5.56 Å². The molecule has 2 amide bonds. The molecule has 18 heavy (non-hydrogen) atoms. The van der Waals surface area contributed by atoms with Gasteiger partial charge in [-0.05, 0) is 26.8 Å². The lowest BCUT2D eigenvalue weighted by Gasteiger charge is -2.13. The van der Waals surface area contributed by atoms with Crippen molar-refractivity contribution in [1.29, 1.82) is 0 Å². The SMILES string of the molecule is Cc1cc(C(C)NC(=O)CNC(=O)CN)c(C)o1. The Bertz CT molecular complexity index is 440. The molecule has 1 aromatic rings. The zero-order valence-corrected chi connectivity index (χ0v) is 10.9. The van der Waals surface area contributed by atoms with Gasteiger partial charge in [-0.2, -0.15) is 0 Å². The maximum atomic E-state index is 11.6. The minimum absolute atomic E-state index is 0.0732. The molecule has 0 aliphatic carbocycles. The van der Waals surface area contributed by atoms with Gasteiger partial charge in [0.1, 0.15) is 11.5 Å². The van der Waals surface area contributed by atoms with Gasteiger partial charge in [-0.15, -0.1) is 0 Å². The van der Waals surface area contributed by atoms with E-state index in [9.17, 15) is 9.59 Å². The second-order valence-electron chi connectivity index (χ2n) is 4.14. The molecular weight excluding hydrogens is 234 g/mol. The van der Waals surface area contributed by atoms with E-state index in [1.807, 2.05) is 26.8 Å². The Morgan fingerprint density at radius 1 is 1.39 bits per heavy atom. The number of nitrogens with two attached hydrogens (primary N) is 1. The number of hydrogen-bond acceptors (Lipinski definition) is 4. The zero-order chi connectivity index (χ0) is 13.7. The van der Waals surface area contributed by atoms with Gasteiger partial charge in [0.15, 0.2) is 0 Å². The first-order valence-electron chi connectivity index (χ1n) is 5.77. The Hall–Kier alpha value is -1.82. The third kappa shape index (κ3) is 3.89. The highest BCUT2D eigenvalue weighted by Gasteiger charge is 2.15. The summed E-state index contributed by atoms with van der Waals surface area (Å²) in [7, 11) is 0. The molecular formula is C12H19N3O3. The van der Waals surface area contributed by atoms with Gasteiger partial charge < -0.3 is 20.8 Å². The van der Waals surface area contributed by atoms with Crippen LogP contribution >= 0.6 is 0 Å². The molecule has 1 rings (SSSR count). The van der Waals surface area contributed by atoms with Gasteiger partial charge in [-0.1, -0.05) is 0 Å². The standard InChI is InChI=1S/C12H19N3O3/c1-7-4-10(9(3)18-7)8(2)15-12(17)6-14-11(16)5-13/h4,8H,5-6,13H2,1-3H3,(H,14,16)(H,15,17). The monoisotopic (exact) mass is 253 g/mol. The van der Waals surface area contributed by atoms with Crippen LogP contribution in [0.25, 0.3) is 0 Å². The van der Waals surface area contributed by atoms with E-state index in [2.05, 4.69) is 10.6 Å². The maximum absolute atomic E-state index is 11.6. The van der Waals surface area contributed by atoms with Crippen molar-refractivity contribution < 1.29 is 14.0 Å². The van der Waals surface area contributed by atoms with E-state index >= 15 is 0 Å². The molecule has 4 N–H and O–H groups in total. The quantitative estimate of drug-likeness (QED) is 0.695. The van der Waals surface area contributed by atoms with E-state index in [0.717, 1.165) is 17.1 Å². The second kappa shape index (κ2) is 6.20. The summed E-state index contributed by atoms with van der Waals surface area (Å²) >= 11 is 0. The first-order chi connectivity index (χ1) is 8.43. The molecule has 0 aromatic carbocycles. The van der Waals surface area contributed by atoms with Crippen molar-refractivity contribution in [2.75, 3.05) is 13.1 Å². The van der Waals surface area contributed by atoms with Crippen LogP contribution in [0.15, 0.2) is 10.5 Å². The van der Waals surface area contributed by atoms with Crippen LogP contribution in [0.2, 0.25) is 0 Å². The van der Waals surface area contributed by atoms with Crippen LogP contribution in [0.5, 0.6) is 0 Å². The van der Waals surface area contributed by atoms with Crippen LogP contribution in [0.4, 0.5) is 0 Å². The van der Waals surface area contributed by atoms with Crippen molar-refractivity contribution in [3.63, 3.8) is 0 Å². The molecule has 6 heteroatoms. The van der Waals surface area contributed by atoms with Gasteiger partial charge >= 0.3 is 0 Å². The molecule has 1 atom stereocenters. The minimum Gasteiger partial charge on any atom is -0.466 e. The van der Waals surface area contributed by atoms with Crippen molar-refractivity contribution in [2.45, 2.75) is 26.8 Å². The molecule has 1 unspecified atom stereocenters. The molecule has 0 bridgehead atoms. The van der Waals surface area contributed by atoms with Crippen LogP contribution in [0.1, 0.15) is 30.0 Å². The van der Waals surface area contributed by atoms with Crippen LogP contribution < -0.4 is 16.4 Å². The van der Waals surface area contributed by atoms with Crippen molar-refractivity contribution in [3.05, 3.63) is 23.2 Å². The normalized spacial score (nSPS) is 12.0. The number of rotatable bonds is 5. The molecule has 6 nitrogen and oxygen atoms in total. The Kier molecular flexibility index (Phi) is 4.91. The van der Waals surface area contributed by atoms with Gasteiger partial charge in [-0.3, -0.25) is 9.59 Å². The first kappa shape index (κ1) is 14.2. The summed E-state index contributed by atoms with van der Waals surface area (Å²) in [5, 5.41) is 5.18. The number of carbonyl (C=O) groups excluding carboxylic acids is 2. The highest BCUT2D eigenvalue weighted by molar-refractivity contribution is 5.85. The van der Waals surface area contributed by atoms with E-state index in [-0.39, 0.29) is 30.9 Å². The Labute approximate surface area is 106 Å². The summed E-state index contributed by atoms with van der Waals surface area (Å²) in [5.41, 5.74) is 6.05. The second-order valence-corrected chi connectivity index (χ2v) is 4.14.